The van der Waals surface area contributed by atoms with E-state index >= 15 is 0 Å². The van der Waals surface area contributed by atoms with Crippen LogP contribution in [0.15, 0.2) is 73.1 Å². The monoisotopic (exact) mass is 345 g/mol. The molecule has 0 fully saturated rings. The highest BCUT2D eigenvalue weighted by atomic mass is 16.2. The molecular formula is C22H21N2O2+. The van der Waals surface area contributed by atoms with Crippen LogP contribution in [0.2, 0.25) is 0 Å². The van der Waals surface area contributed by atoms with E-state index in [1.165, 1.54) is 0 Å². The number of pyridine rings is 1. The molecule has 0 aliphatic rings. The molecule has 0 aliphatic heterocycles. The van der Waals surface area contributed by atoms with Gasteiger partial charge in [0.15, 0.2) is 18.2 Å². The van der Waals surface area contributed by atoms with Crippen LogP contribution in [0.25, 0.3) is 0 Å². The van der Waals surface area contributed by atoms with E-state index in [9.17, 15) is 9.59 Å². The fourth-order valence-corrected chi connectivity index (χ4v) is 2.70. The van der Waals surface area contributed by atoms with Gasteiger partial charge in [0.1, 0.15) is 0 Å². The Morgan fingerprint density at radius 3 is 2.23 bits per heavy atom. The molecule has 0 saturated carbocycles. The van der Waals surface area contributed by atoms with Crippen molar-refractivity contribution in [3.05, 3.63) is 95.3 Å². The van der Waals surface area contributed by atoms with Crippen molar-refractivity contribution < 1.29 is 14.2 Å². The van der Waals surface area contributed by atoms with Crippen LogP contribution in [0.3, 0.4) is 0 Å². The largest absolute Gasteiger partial charge is 0.320 e. The van der Waals surface area contributed by atoms with Gasteiger partial charge in [0, 0.05) is 28.9 Å². The first kappa shape index (κ1) is 17.5. The molecule has 1 N–H and O–H groups in total. The molecule has 3 rings (SSSR count). The summed E-state index contributed by atoms with van der Waals surface area (Å²) in [7, 11) is 0. The maximum absolute atomic E-state index is 12.4. The van der Waals surface area contributed by atoms with E-state index in [0.29, 0.717) is 11.1 Å². The van der Waals surface area contributed by atoms with Crippen LogP contribution in [0.5, 0.6) is 0 Å². The lowest BCUT2D eigenvalue weighted by atomic mass is 10.0. The zero-order valence-corrected chi connectivity index (χ0v) is 14.9. The van der Waals surface area contributed by atoms with Gasteiger partial charge >= 0.3 is 0 Å². The number of anilines is 1. The number of nitrogens with one attached hydrogen (secondary N) is 1. The second-order valence-electron chi connectivity index (χ2n) is 6.32. The van der Waals surface area contributed by atoms with E-state index < -0.39 is 0 Å². The molecule has 1 amide bonds. The summed E-state index contributed by atoms with van der Waals surface area (Å²) in [5.41, 5.74) is 4.20. The van der Waals surface area contributed by atoms with Crippen LogP contribution in [0, 0.1) is 13.8 Å². The second kappa shape index (κ2) is 7.74. The van der Waals surface area contributed by atoms with E-state index in [4.69, 9.17) is 0 Å². The maximum atomic E-state index is 12.4. The number of aryl methyl sites for hydroxylation is 2. The molecule has 4 nitrogen and oxygen atoms in total. The van der Waals surface area contributed by atoms with E-state index in [2.05, 4.69) is 5.32 Å². The van der Waals surface area contributed by atoms with Crippen molar-refractivity contribution in [2.75, 3.05) is 5.32 Å². The third-order valence-electron chi connectivity index (χ3n) is 4.18. The number of carbonyl (C=O) groups excluding carboxylic acids is 2. The number of rotatable bonds is 5. The summed E-state index contributed by atoms with van der Waals surface area (Å²) in [6.45, 7) is 4.14. The van der Waals surface area contributed by atoms with Gasteiger partial charge in [-0.15, -0.1) is 0 Å². The summed E-state index contributed by atoms with van der Waals surface area (Å²) in [5, 5.41) is 2.94. The van der Waals surface area contributed by atoms with E-state index in [0.717, 1.165) is 16.8 Å². The van der Waals surface area contributed by atoms with Gasteiger partial charge in [-0.2, -0.15) is 4.57 Å². The molecule has 0 saturated heterocycles. The minimum Gasteiger partial charge on any atom is -0.320 e. The number of hydrogen-bond donors (Lipinski definition) is 1. The first-order chi connectivity index (χ1) is 12.5. The molecule has 2 aromatic carbocycles. The molecule has 0 unspecified atom stereocenters. The highest BCUT2D eigenvalue weighted by Crippen LogP contribution is 2.16. The van der Waals surface area contributed by atoms with Gasteiger partial charge < -0.3 is 5.32 Å². The molecule has 0 atom stereocenters. The Morgan fingerprint density at radius 1 is 0.885 bits per heavy atom. The van der Waals surface area contributed by atoms with Gasteiger partial charge in [0.25, 0.3) is 5.91 Å². The molecule has 0 radical (unpaired) electrons. The Kier molecular flexibility index (Phi) is 5.23. The Morgan fingerprint density at radius 2 is 1.54 bits per heavy atom. The number of nitrogens with zero attached hydrogens (tertiary/aromatic N) is 1. The van der Waals surface area contributed by atoms with Gasteiger partial charge in [0.05, 0.1) is 0 Å². The molecule has 4 heteroatoms. The number of benzene rings is 2. The van der Waals surface area contributed by atoms with Crippen molar-refractivity contribution >= 4 is 17.4 Å². The summed E-state index contributed by atoms with van der Waals surface area (Å²) in [5.74, 6) is -0.136. The lowest BCUT2D eigenvalue weighted by Crippen LogP contribution is -2.39. The summed E-state index contributed by atoms with van der Waals surface area (Å²) >= 11 is 0. The van der Waals surface area contributed by atoms with Crippen LogP contribution in [0.1, 0.15) is 27.0 Å². The van der Waals surface area contributed by atoms with Crippen LogP contribution in [-0.2, 0) is 11.3 Å². The molecule has 1 aromatic heterocycles. The molecule has 3 aromatic rings. The smallest absolute Gasteiger partial charge is 0.290 e. The third kappa shape index (κ3) is 4.22. The quantitative estimate of drug-likeness (QED) is 0.569. The number of aromatic nitrogens is 1. The topological polar surface area (TPSA) is 50.1 Å². The van der Waals surface area contributed by atoms with Crippen molar-refractivity contribution in [2.24, 2.45) is 0 Å². The van der Waals surface area contributed by atoms with Gasteiger partial charge in [-0.25, -0.2) is 0 Å². The lowest BCUT2D eigenvalue weighted by molar-refractivity contribution is -0.684. The lowest BCUT2D eigenvalue weighted by Gasteiger charge is -2.08. The normalized spacial score (nSPS) is 10.4. The Hall–Kier alpha value is -3.27. The van der Waals surface area contributed by atoms with Crippen LogP contribution < -0.4 is 9.88 Å². The third-order valence-corrected chi connectivity index (χ3v) is 4.18. The summed E-state index contributed by atoms with van der Waals surface area (Å²) < 4.78 is 1.75. The molecule has 26 heavy (non-hydrogen) atoms. The van der Waals surface area contributed by atoms with Gasteiger partial charge in [-0.05, 0) is 31.0 Å². The highest BCUT2D eigenvalue weighted by molar-refractivity contribution is 6.08. The fourth-order valence-electron chi connectivity index (χ4n) is 2.70. The number of hydrogen-bond acceptors (Lipinski definition) is 2. The Balaban J connectivity index is 1.66. The Labute approximate surface area is 153 Å². The molecule has 1 heterocycles. The zero-order valence-electron chi connectivity index (χ0n) is 14.9. The molecule has 0 aliphatic carbocycles. The predicted molar refractivity (Wildman–Crippen MR) is 101 cm³/mol. The first-order valence-corrected chi connectivity index (χ1v) is 8.49. The standard InChI is InChI=1S/C22H20N2O2/c1-16-8-9-17(2)20(14-16)23-21(25)15-24-12-10-19(11-13-24)22(26)18-6-4-3-5-7-18/h3-14H,15H2,1-2H3/p+1. The van der Waals surface area contributed by atoms with Crippen molar-refractivity contribution in [3.63, 3.8) is 0 Å². The maximum Gasteiger partial charge on any atom is 0.290 e. The SMILES string of the molecule is Cc1ccc(C)c(NC(=O)C[n+]2ccc(C(=O)c3ccccc3)cc2)c1. The fraction of sp³-hybridized carbons (Fsp3) is 0.136. The van der Waals surface area contributed by atoms with E-state index in [1.807, 2.05) is 50.2 Å². The summed E-state index contributed by atoms with van der Waals surface area (Å²) in [4.78, 5) is 24.7. The number of ketones is 1. The van der Waals surface area contributed by atoms with Crippen molar-refractivity contribution in [3.8, 4) is 0 Å². The number of amides is 1. The highest BCUT2D eigenvalue weighted by Gasteiger charge is 2.13. The second-order valence-corrected chi connectivity index (χ2v) is 6.32. The van der Waals surface area contributed by atoms with Gasteiger partial charge in [-0.1, -0.05) is 42.5 Å². The zero-order chi connectivity index (χ0) is 18.5. The molecule has 130 valence electrons. The minimum atomic E-state index is -0.106. The first-order valence-electron chi connectivity index (χ1n) is 8.49. The molecule has 0 spiro atoms. The average molecular weight is 345 g/mol. The summed E-state index contributed by atoms with van der Waals surface area (Å²) in [6, 6.07) is 18.6. The van der Waals surface area contributed by atoms with Crippen molar-refractivity contribution in [1.82, 2.24) is 0 Å². The summed E-state index contributed by atoms with van der Waals surface area (Å²) in [6.07, 6.45) is 3.50. The molecule has 0 bridgehead atoms. The van der Waals surface area contributed by atoms with E-state index in [1.54, 1.807) is 41.2 Å². The van der Waals surface area contributed by atoms with Crippen LogP contribution in [0.4, 0.5) is 5.69 Å². The van der Waals surface area contributed by atoms with Crippen molar-refractivity contribution in [1.29, 1.82) is 0 Å². The van der Waals surface area contributed by atoms with Gasteiger partial charge in [0.2, 0.25) is 6.54 Å². The molecular weight excluding hydrogens is 324 g/mol. The van der Waals surface area contributed by atoms with Crippen LogP contribution in [-0.4, -0.2) is 11.7 Å². The minimum absolute atomic E-state index is 0.0300. The predicted octanol–water partition coefficient (Wildman–Crippen LogP) is 3.46. The van der Waals surface area contributed by atoms with Crippen molar-refractivity contribution in [2.45, 2.75) is 20.4 Å². The van der Waals surface area contributed by atoms with Gasteiger partial charge in [-0.3, -0.25) is 9.59 Å². The average Bonchev–Trinajstić information content (AvgIpc) is 2.65. The van der Waals surface area contributed by atoms with Crippen LogP contribution >= 0.6 is 0 Å². The Bertz CT molecular complexity index is 932. The van der Waals surface area contributed by atoms with E-state index in [-0.39, 0.29) is 18.2 Å². The number of carbonyl (C=O) groups is 2.